The standard InChI is InChI=1S/C53H58N4O7.CH4/c1-36(15-26-48(59)44-24-27-49(60)52-45(44)25-28-50(61)55-52)35-38-18-16-37(17-19-38)9-8-14-47(58)40-20-22-41(23-21-40)56(2)51(62)31-34-57-32-29-42(30-33-57)64-53(63)54-46-13-7-6-12-43(46)39-10-4-3-5-11-39;/h3-7,10-13,16-25,27-28,36,42,48,59-60H,8-9,14-15,26,29-35H2,1-2H3,(H,54,63)(H,55,61);1H4/t36-,48+;/m1./s1. The van der Waals surface area contributed by atoms with E-state index in [1.54, 1.807) is 36.2 Å². The fourth-order valence-electron chi connectivity index (χ4n) is 8.53. The van der Waals surface area contributed by atoms with E-state index < -0.39 is 12.2 Å². The van der Waals surface area contributed by atoms with Gasteiger partial charge in [0.2, 0.25) is 11.5 Å². The summed E-state index contributed by atoms with van der Waals surface area (Å²) in [4.78, 5) is 57.3. The molecular weight excluding hydrogens is 817 g/mol. The number of hydrogen-bond donors (Lipinski definition) is 4. The van der Waals surface area contributed by atoms with Gasteiger partial charge in [-0.15, -0.1) is 0 Å². The number of H-pyrrole nitrogens is 1. The van der Waals surface area contributed by atoms with Gasteiger partial charge >= 0.3 is 6.09 Å². The van der Waals surface area contributed by atoms with Crippen molar-refractivity contribution in [2.45, 2.75) is 84.3 Å². The second kappa shape index (κ2) is 22.9. The number of rotatable bonds is 18. The van der Waals surface area contributed by atoms with Crippen LogP contribution in [0.15, 0.2) is 132 Å². The van der Waals surface area contributed by atoms with E-state index in [2.05, 4.69) is 46.4 Å². The average Bonchev–Trinajstić information content (AvgIpc) is 3.31. The number of nitrogens with zero attached hydrogens (tertiary/aromatic N) is 2. The van der Waals surface area contributed by atoms with Crippen LogP contribution in [0.25, 0.3) is 22.0 Å². The van der Waals surface area contributed by atoms with Gasteiger partial charge in [0.25, 0.3) is 0 Å². The quantitative estimate of drug-likeness (QED) is 0.0623. The monoisotopic (exact) mass is 878 g/mol. The minimum atomic E-state index is -0.719. The van der Waals surface area contributed by atoms with E-state index in [0.29, 0.717) is 72.3 Å². The van der Waals surface area contributed by atoms with Crippen LogP contribution in [0.2, 0.25) is 0 Å². The van der Waals surface area contributed by atoms with Crippen LogP contribution in [-0.2, 0) is 22.4 Å². The molecule has 65 heavy (non-hydrogen) atoms. The predicted octanol–water partition coefficient (Wildman–Crippen LogP) is 10.5. The van der Waals surface area contributed by atoms with Gasteiger partial charge in [-0.3, -0.25) is 19.7 Å². The molecule has 7 rings (SSSR count). The highest BCUT2D eigenvalue weighted by atomic mass is 16.6. The number of phenols is 1. The lowest BCUT2D eigenvalue weighted by molar-refractivity contribution is -0.118. The average molecular weight is 879 g/mol. The first-order chi connectivity index (χ1) is 31.0. The molecule has 11 heteroatoms. The van der Waals surface area contributed by atoms with Crippen molar-refractivity contribution in [2.24, 2.45) is 5.92 Å². The fourth-order valence-corrected chi connectivity index (χ4v) is 8.53. The van der Waals surface area contributed by atoms with Gasteiger partial charge in [0.05, 0.1) is 17.3 Å². The summed E-state index contributed by atoms with van der Waals surface area (Å²) >= 11 is 0. The van der Waals surface area contributed by atoms with Crippen molar-refractivity contribution >= 4 is 40.1 Å². The Hall–Kier alpha value is -6.56. The highest BCUT2D eigenvalue weighted by Gasteiger charge is 2.24. The van der Waals surface area contributed by atoms with E-state index in [1.807, 2.05) is 66.7 Å². The second-order valence-electron chi connectivity index (χ2n) is 17.0. The maximum Gasteiger partial charge on any atom is 0.411 e. The number of ketones is 1. The number of pyridine rings is 1. The molecule has 1 aromatic heterocycles. The molecule has 6 aromatic rings. The molecule has 0 bridgehead atoms. The molecule has 2 heterocycles. The van der Waals surface area contributed by atoms with Crippen molar-refractivity contribution in [3.8, 4) is 16.9 Å². The first-order valence-electron chi connectivity index (χ1n) is 22.4. The number of hydrogen-bond acceptors (Lipinski definition) is 8. The Morgan fingerprint density at radius 2 is 1.52 bits per heavy atom. The number of aromatic nitrogens is 1. The highest BCUT2D eigenvalue weighted by molar-refractivity contribution is 5.98. The Bertz CT molecular complexity index is 2570. The van der Waals surface area contributed by atoms with E-state index in [9.17, 15) is 29.4 Å². The van der Waals surface area contributed by atoms with Gasteiger partial charge in [-0.1, -0.05) is 93.2 Å². The molecule has 0 radical (unpaired) electrons. The lowest BCUT2D eigenvalue weighted by Crippen LogP contribution is -2.40. The number of Topliss-reactive ketones (excluding diaryl/α,β-unsaturated/α-hetero) is 1. The fraction of sp³-hybridized carbons (Fsp3) is 0.333. The normalized spacial score (nSPS) is 14.0. The van der Waals surface area contributed by atoms with Crippen molar-refractivity contribution in [3.05, 3.63) is 160 Å². The summed E-state index contributed by atoms with van der Waals surface area (Å²) in [5.74, 6) is 0.379. The molecule has 4 N–H and O–H groups in total. The number of carbonyl (C=O) groups excluding carboxylic acids is 3. The Balaban J connectivity index is 0.00000700. The van der Waals surface area contributed by atoms with Crippen molar-refractivity contribution in [2.75, 3.05) is 36.9 Å². The van der Waals surface area contributed by atoms with Crippen LogP contribution in [0.5, 0.6) is 5.75 Å². The van der Waals surface area contributed by atoms with Gasteiger partial charge in [0, 0.05) is 67.8 Å². The molecule has 0 unspecified atom stereocenters. The number of aromatic amines is 1. The lowest BCUT2D eigenvalue weighted by atomic mass is 9.92. The molecule has 1 saturated heterocycles. The van der Waals surface area contributed by atoms with E-state index in [4.69, 9.17) is 4.74 Å². The molecule has 11 nitrogen and oxygen atoms in total. The first kappa shape index (κ1) is 47.9. The van der Waals surface area contributed by atoms with Gasteiger partial charge < -0.3 is 29.7 Å². The predicted molar refractivity (Wildman–Crippen MR) is 260 cm³/mol. The molecule has 0 saturated carbocycles. The number of benzene rings is 5. The van der Waals surface area contributed by atoms with Crippen LogP contribution in [0, 0.1) is 5.92 Å². The third kappa shape index (κ3) is 13.0. The zero-order chi connectivity index (χ0) is 45.0. The van der Waals surface area contributed by atoms with Crippen LogP contribution >= 0.6 is 0 Å². The molecule has 1 aliphatic rings. The van der Waals surface area contributed by atoms with Crippen LogP contribution in [0.4, 0.5) is 16.2 Å². The summed E-state index contributed by atoms with van der Waals surface area (Å²) < 4.78 is 5.78. The van der Waals surface area contributed by atoms with Crippen LogP contribution < -0.4 is 15.8 Å². The summed E-state index contributed by atoms with van der Waals surface area (Å²) in [5.41, 5.74) is 7.13. The number of ether oxygens (including phenoxy) is 1. The Morgan fingerprint density at radius 1 is 0.831 bits per heavy atom. The largest absolute Gasteiger partial charge is 0.506 e. The van der Waals surface area contributed by atoms with Gasteiger partial charge in [-0.2, -0.15) is 0 Å². The third-order valence-corrected chi connectivity index (χ3v) is 12.3. The van der Waals surface area contributed by atoms with Crippen molar-refractivity contribution < 1.29 is 29.3 Å². The number of nitrogens with one attached hydrogen (secondary N) is 2. The van der Waals surface area contributed by atoms with E-state index in [-0.39, 0.29) is 36.5 Å². The molecule has 5 aromatic carbocycles. The van der Waals surface area contributed by atoms with Gasteiger partial charge in [-0.05, 0) is 116 Å². The molecule has 2 atom stereocenters. The lowest BCUT2D eigenvalue weighted by Gasteiger charge is -2.31. The molecule has 0 aliphatic carbocycles. The summed E-state index contributed by atoms with van der Waals surface area (Å²) in [6.45, 7) is 4.25. The molecule has 0 spiro atoms. The number of amides is 2. The number of aromatic hydroxyl groups is 1. The molecule has 2 amide bonds. The van der Waals surface area contributed by atoms with Gasteiger partial charge in [0.15, 0.2) is 5.78 Å². The Kier molecular flexibility index (Phi) is 16.9. The highest BCUT2D eigenvalue weighted by Crippen LogP contribution is 2.32. The maximum atomic E-state index is 13.2. The number of carbonyl (C=O) groups is 3. The second-order valence-corrected chi connectivity index (χ2v) is 17.0. The molecule has 340 valence electrons. The summed E-state index contributed by atoms with van der Waals surface area (Å²) in [5, 5.41) is 24.7. The maximum absolute atomic E-state index is 13.2. The van der Waals surface area contributed by atoms with E-state index >= 15 is 0 Å². The van der Waals surface area contributed by atoms with Crippen LogP contribution in [0.1, 0.15) is 92.4 Å². The minimum absolute atomic E-state index is 0. The minimum Gasteiger partial charge on any atom is -0.506 e. The topological polar surface area (TPSA) is 152 Å². The number of phenolic OH excluding ortho intramolecular Hbond substituents is 1. The summed E-state index contributed by atoms with van der Waals surface area (Å²) in [7, 11) is 1.76. The Morgan fingerprint density at radius 3 is 2.26 bits per heavy atom. The van der Waals surface area contributed by atoms with Crippen LogP contribution in [-0.4, -0.2) is 70.7 Å². The van der Waals surface area contributed by atoms with Gasteiger partial charge in [-0.25, -0.2) is 4.79 Å². The number of piperidine rings is 1. The SMILES string of the molecule is C.C[C@H](CC[C@H](O)c1ccc(O)c2[nH]c(=O)ccc12)Cc1ccc(CCCC(=O)c2ccc(N(C)C(=O)CCN3CCC(OC(=O)Nc4ccccc4-c4ccccc4)CC3)cc2)cc1. The number of aliphatic hydroxyl groups excluding tert-OH is 1. The molecule has 1 aliphatic heterocycles. The smallest absolute Gasteiger partial charge is 0.411 e. The van der Waals surface area contributed by atoms with E-state index in [0.717, 1.165) is 55.6 Å². The number of aryl methyl sites for hydroxylation is 1. The number of fused-ring (bicyclic) bond motifs is 1. The zero-order valence-corrected chi connectivity index (χ0v) is 36.7. The summed E-state index contributed by atoms with van der Waals surface area (Å²) in [6, 6.07) is 39.6. The number of likely N-dealkylation sites (tertiary alicyclic amines) is 1. The van der Waals surface area contributed by atoms with Crippen molar-refractivity contribution in [1.82, 2.24) is 9.88 Å². The van der Waals surface area contributed by atoms with Crippen molar-refractivity contribution in [3.63, 3.8) is 0 Å². The van der Waals surface area contributed by atoms with Gasteiger partial charge in [0.1, 0.15) is 11.9 Å². The van der Waals surface area contributed by atoms with Crippen LogP contribution in [0.3, 0.4) is 0 Å². The third-order valence-electron chi connectivity index (χ3n) is 12.3. The number of para-hydroxylation sites is 1. The van der Waals surface area contributed by atoms with Crippen molar-refractivity contribution in [1.29, 1.82) is 0 Å². The number of anilines is 2. The first-order valence-corrected chi connectivity index (χ1v) is 22.4. The Labute approximate surface area is 382 Å². The number of aliphatic hydroxyl groups is 1. The molecule has 1 fully saturated rings. The van der Waals surface area contributed by atoms with E-state index in [1.165, 1.54) is 23.3 Å². The zero-order valence-electron chi connectivity index (χ0n) is 36.7. The molecular formula is C54H62N4O7. The summed E-state index contributed by atoms with van der Waals surface area (Å²) in [6.07, 6.45) is 4.55.